The molecule has 1 rings (SSSR count). The van der Waals surface area contributed by atoms with Gasteiger partial charge in [0.15, 0.2) is 0 Å². The zero-order valence-electron chi connectivity index (χ0n) is 23.5. The van der Waals surface area contributed by atoms with Crippen LogP contribution in [-0.2, 0) is 22.4 Å². The van der Waals surface area contributed by atoms with E-state index in [0.717, 1.165) is 36.2 Å². The van der Waals surface area contributed by atoms with Crippen LogP contribution in [0.15, 0.2) is 35.9 Å². The van der Waals surface area contributed by atoms with E-state index < -0.39 is 0 Å². The van der Waals surface area contributed by atoms with Gasteiger partial charge in [0.2, 0.25) is 0 Å². The lowest BCUT2D eigenvalue weighted by Crippen LogP contribution is -2.08. The Hall–Kier alpha value is -1.57. The van der Waals surface area contributed by atoms with Gasteiger partial charge in [-0.15, -0.1) is 0 Å². The van der Waals surface area contributed by atoms with Crippen molar-refractivity contribution in [2.24, 2.45) is 23.7 Å². The predicted octanol–water partition coefficient (Wildman–Crippen LogP) is 9.36. The summed E-state index contributed by atoms with van der Waals surface area (Å²) < 4.78 is 5.44. The summed E-state index contributed by atoms with van der Waals surface area (Å²) in [6, 6.07) is 8.36. The highest BCUT2D eigenvalue weighted by molar-refractivity contribution is 5.72. The molecule has 0 amide bonds. The SMILES string of the molecule is C/C(=C\COC(=O)Cc1ccc(CC(C)C)cc1)CCCC(C)CCCC(C)CCCC(C)C. The summed E-state index contributed by atoms with van der Waals surface area (Å²) in [6.07, 6.45) is 15.4. The molecule has 1 aromatic rings. The molecule has 0 aliphatic heterocycles. The van der Waals surface area contributed by atoms with Crippen molar-refractivity contribution in [1.29, 1.82) is 0 Å². The molecule has 2 unspecified atom stereocenters. The molecule has 0 spiro atoms. The van der Waals surface area contributed by atoms with E-state index in [1.807, 2.05) is 0 Å². The van der Waals surface area contributed by atoms with Gasteiger partial charge in [-0.25, -0.2) is 0 Å². The second-order valence-corrected chi connectivity index (χ2v) is 11.7. The number of benzene rings is 1. The van der Waals surface area contributed by atoms with Crippen LogP contribution in [0.4, 0.5) is 0 Å². The lowest BCUT2D eigenvalue weighted by Gasteiger charge is -2.15. The number of ether oxygens (including phenoxy) is 1. The van der Waals surface area contributed by atoms with Gasteiger partial charge < -0.3 is 4.74 Å². The summed E-state index contributed by atoms with van der Waals surface area (Å²) >= 11 is 0. The average molecular weight is 471 g/mol. The fraction of sp³-hybridized carbons (Fsp3) is 0.719. The molecule has 0 heterocycles. The fourth-order valence-electron chi connectivity index (χ4n) is 4.57. The summed E-state index contributed by atoms with van der Waals surface area (Å²) in [5.74, 6) is 3.03. The van der Waals surface area contributed by atoms with Gasteiger partial charge in [0.1, 0.15) is 6.61 Å². The molecule has 1 aromatic carbocycles. The zero-order valence-corrected chi connectivity index (χ0v) is 23.5. The van der Waals surface area contributed by atoms with E-state index in [1.165, 1.54) is 62.5 Å². The van der Waals surface area contributed by atoms with Gasteiger partial charge in [0.25, 0.3) is 0 Å². The molecule has 0 fully saturated rings. The summed E-state index contributed by atoms with van der Waals surface area (Å²) in [6.45, 7) is 16.5. The second-order valence-electron chi connectivity index (χ2n) is 11.7. The fourth-order valence-corrected chi connectivity index (χ4v) is 4.57. The lowest BCUT2D eigenvalue weighted by atomic mass is 9.91. The first-order valence-corrected chi connectivity index (χ1v) is 14.0. The molecule has 34 heavy (non-hydrogen) atoms. The third-order valence-electron chi connectivity index (χ3n) is 6.83. The minimum atomic E-state index is -0.146. The minimum absolute atomic E-state index is 0.146. The minimum Gasteiger partial charge on any atom is -0.461 e. The van der Waals surface area contributed by atoms with Crippen molar-refractivity contribution >= 4 is 5.97 Å². The lowest BCUT2D eigenvalue weighted by molar-refractivity contribution is -0.141. The molecule has 2 nitrogen and oxygen atoms in total. The van der Waals surface area contributed by atoms with E-state index >= 15 is 0 Å². The average Bonchev–Trinajstić information content (AvgIpc) is 2.74. The molecule has 194 valence electrons. The Balaban J connectivity index is 2.13. The normalized spacial score (nSPS) is 14.0. The van der Waals surface area contributed by atoms with Crippen LogP contribution in [0.1, 0.15) is 117 Å². The van der Waals surface area contributed by atoms with Gasteiger partial charge in [-0.3, -0.25) is 4.79 Å². The standard InChI is InChI=1S/C32H54O2/c1-25(2)11-8-12-27(5)13-9-14-28(6)15-10-16-29(7)21-22-34-32(33)24-31-19-17-30(18-20-31)23-26(3)4/h17-21,25-28H,8-16,22-24H2,1-7H3/b29-21+. The molecule has 0 saturated heterocycles. The Kier molecular flexibility index (Phi) is 16.0. The number of hydrogen-bond acceptors (Lipinski definition) is 2. The van der Waals surface area contributed by atoms with E-state index in [4.69, 9.17) is 4.74 Å². The van der Waals surface area contributed by atoms with Gasteiger partial charge in [-0.1, -0.05) is 116 Å². The maximum absolute atomic E-state index is 12.1. The molecule has 0 bridgehead atoms. The smallest absolute Gasteiger partial charge is 0.310 e. The monoisotopic (exact) mass is 470 g/mol. The van der Waals surface area contributed by atoms with Crippen molar-refractivity contribution in [2.45, 2.75) is 119 Å². The Morgan fingerprint density at radius 3 is 1.85 bits per heavy atom. The third kappa shape index (κ3) is 16.1. The summed E-state index contributed by atoms with van der Waals surface area (Å²) in [5.41, 5.74) is 3.68. The largest absolute Gasteiger partial charge is 0.461 e. The Labute approximate surface area is 212 Å². The molecule has 0 aromatic heterocycles. The topological polar surface area (TPSA) is 26.3 Å². The van der Waals surface area contributed by atoms with Gasteiger partial charge >= 0.3 is 5.97 Å². The summed E-state index contributed by atoms with van der Waals surface area (Å²) in [7, 11) is 0. The van der Waals surface area contributed by atoms with E-state index in [0.29, 0.717) is 18.9 Å². The summed E-state index contributed by atoms with van der Waals surface area (Å²) in [5, 5.41) is 0. The van der Waals surface area contributed by atoms with Crippen molar-refractivity contribution in [3.8, 4) is 0 Å². The van der Waals surface area contributed by atoms with Gasteiger partial charge in [-0.2, -0.15) is 0 Å². The number of rotatable bonds is 18. The van der Waals surface area contributed by atoms with E-state index in [1.54, 1.807) is 0 Å². The van der Waals surface area contributed by atoms with Crippen LogP contribution < -0.4 is 0 Å². The number of esters is 1. The van der Waals surface area contributed by atoms with Crippen LogP contribution in [0.25, 0.3) is 0 Å². The van der Waals surface area contributed by atoms with Crippen LogP contribution in [0.5, 0.6) is 0 Å². The molecule has 0 aliphatic rings. The number of carbonyl (C=O) groups excluding carboxylic acids is 1. The van der Waals surface area contributed by atoms with Crippen LogP contribution in [-0.4, -0.2) is 12.6 Å². The maximum atomic E-state index is 12.1. The predicted molar refractivity (Wildman–Crippen MR) is 148 cm³/mol. The Morgan fingerprint density at radius 1 is 0.765 bits per heavy atom. The third-order valence-corrected chi connectivity index (χ3v) is 6.83. The highest BCUT2D eigenvalue weighted by Gasteiger charge is 2.08. The molecule has 2 atom stereocenters. The Morgan fingerprint density at radius 2 is 1.29 bits per heavy atom. The second kappa shape index (κ2) is 17.8. The van der Waals surface area contributed by atoms with Crippen LogP contribution in [0.3, 0.4) is 0 Å². The van der Waals surface area contributed by atoms with Gasteiger partial charge in [0, 0.05) is 0 Å². The van der Waals surface area contributed by atoms with Crippen molar-refractivity contribution in [3.05, 3.63) is 47.0 Å². The Bertz CT molecular complexity index is 683. The molecular formula is C32H54O2. The quantitative estimate of drug-likeness (QED) is 0.158. The van der Waals surface area contributed by atoms with Crippen LogP contribution in [0.2, 0.25) is 0 Å². The molecule has 0 saturated carbocycles. The van der Waals surface area contributed by atoms with Crippen LogP contribution >= 0.6 is 0 Å². The van der Waals surface area contributed by atoms with Gasteiger partial charge in [-0.05, 0) is 67.1 Å². The first-order chi connectivity index (χ1) is 16.2. The summed E-state index contributed by atoms with van der Waals surface area (Å²) in [4.78, 5) is 12.1. The van der Waals surface area contributed by atoms with E-state index in [2.05, 4.69) is 78.8 Å². The van der Waals surface area contributed by atoms with Crippen molar-refractivity contribution in [3.63, 3.8) is 0 Å². The molecule has 0 N–H and O–H groups in total. The van der Waals surface area contributed by atoms with Crippen molar-refractivity contribution in [1.82, 2.24) is 0 Å². The molecule has 0 radical (unpaired) electrons. The first-order valence-electron chi connectivity index (χ1n) is 14.0. The molecule has 2 heteroatoms. The van der Waals surface area contributed by atoms with Crippen LogP contribution in [0, 0.1) is 23.7 Å². The highest BCUT2D eigenvalue weighted by atomic mass is 16.5. The first kappa shape index (κ1) is 30.5. The van der Waals surface area contributed by atoms with Gasteiger partial charge in [0.05, 0.1) is 6.42 Å². The number of hydrogen-bond donors (Lipinski definition) is 0. The maximum Gasteiger partial charge on any atom is 0.310 e. The van der Waals surface area contributed by atoms with E-state index in [-0.39, 0.29) is 5.97 Å². The molecular weight excluding hydrogens is 416 g/mol. The number of carbonyl (C=O) groups is 1. The van der Waals surface area contributed by atoms with Crippen molar-refractivity contribution in [2.75, 3.05) is 6.61 Å². The molecule has 0 aliphatic carbocycles. The van der Waals surface area contributed by atoms with E-state index in [9.17, 15) is 4.79 Å². The zero-order chi connectivity index (χ0) is 25.3. The number of allylic oxidation sites excluding steroid dienone is 1. The van der Waals surface area contributed by atoms with Crippen molar-refractivity contribution < 1.29 is 9.53 Å². The highest BCUT2D eigenvalue weighted by Crippen LogP contribution is 2.22.